The smallest absolute Gasteiger partial charge is 0.261 e. The summed E-state index contributed by atoms with van der Waals surface area (Å²) in [6, 6.07) is 8.81. The summed E-state index contributed by atoms with van der Waals surface area (Å²) in [5, 5.41) is 1.05. The maximum absolute atomic E-state index is 12.9. The van der Waals surface area contributed by atoms with Crippen LogP contribution in [0.15, 0.2) is 35.1 Å². The average Bonchev–Trinajstić information content (AvgIpc) is 3.11. The highest BCUT2D eigenvalue weighted by molar-refractivity contribution is 6.31. The number of ether oxygens (including phenoxy) is 3. The maximum atomic E-state index is 12.9. The van der Waals surface area contributed by atoms with Crippen LogP contribution in [0.4, 0.5) is 0 Å². The van der Waals surface area contributed by atoms with E-state index in [4.69, 9.17) is 30.8 Å². The van der Waals surface area contributed by atoms with Crippen LogP contribution < -0.4 is 19.8 Å². The van der Waals surface area contributed by atoms with Crippen molar-refractivity contribution in [2.75, 3.05) is 21.3 Å². The number of nitrogens with zero attached hydrogens (tertiary/aromatic N) is 2. The van der Waals surface area contributed by atoms with Crippen LogP contribution >= 0.6 is 11.6 Å². The van der Waals surface area contributed by atoms with Crippen molar-refractivity contribution >= 4 is 34.2 Å². The molecule has 6 nitrogen and oxygen atoms in total. The van der Waals surface area contributed by atoms with Crippen LogP contribution in [0.3, 0.4) is 0 Å². The van der Waals surface area contributed by atoms with Gasteiger partial charge in [-0.2, -0.15) is 0 Å². The summed E-state index contributed by atoms with van der Waals surface area (Å²) >= 11 is 6.04. The summed E-state index contributed by atoms with van der Waals surface area (Å²) in [7, 11) is 4.77. The minimum atomic E-state index is -0.0785. The van der Waals surface area contributed by atoms with Crippen molar-refractivity contribution in [1.29, 1.82) is 0 Å². The van der Waals surface area contributed by atoms with E-state index in [1.54, 1.807) is 50.2 Å². The van der Waals surface area contributed by atoms with E-state index in [0.29, 0.717) is 52.0 Å². The van der Waals surface area contributed by atoms with Crippen LogP contribution in [0.2, 0.25) is 5.02 Å². The van der Waals surface area contributed by atoms with Crippen molar-refractivity contribution < 1.29 is 14.2 Å². The maximum Gasteiger partial charge on any atom is 0.261 e. The molecule has 4 rings (SSSR count). The highest BCUT2D eigenvalue weighted by atomic mass is 35.5. The fourth-order valence-corrected chi connectivity index (χ4v) is 3.65. The van der Waals surface area contributed by atoms with E-state index in [1.165, 1.54) is 0 Å². The molecule has 2 heterocycles. The van der Waals surface area contributed by atoms with Gasteiger partial charge in [0.05, 0.1) is 32.2 Å². The Morgan fingerprint density at radius 2 is 1.75 bits per heavy atom. The second kappa shape index (κ2) is 7.20. The molecule has 0 spiro atoms. The first-order chi connectivity index (χ1) is 13.5. The zero-order valence-electron chi connectivity index (χ0n) is 15.8. The molecule has 0 fully saturated rings. The first-order valence-corrected chi connectivity index (χ1v) is 9.14. The summed E-state index contributed by atoms with van der Waals surface area (Å²) in [5.41, 5.74) is 2.34. The van der Waals surface area contributed by atoms with E-state index in [9.17, 15) is 4.79 Å². The SMILES string of the molecule is COc1cc(OC)c(OC)cc1C=C1CCn2c1nc1ccc(Cl)cc1c2=O. The quantitative estimate of drug-likeness (QED) is 0.664. The van der Waals surface area contributed by atoms with E-state index in [2.05, 4.69) is 0 Å². The molecule has 1 aromatic heterocycles. The van der Waals surface area contributed by atoms with Crippen LogP contribution in [0.1, 0.15) is 17.8 Å². The number of halogens is 1. The van der Waals surface area contributed by atoms with E-state index >= 15 is 0 Å². The van der Waals surface area contributed by atoms with Crippen LogP contribution in [0, 0.1) is 0 Å². The third kappa shape index (κ3) is 2.99. The van der Waals surface area contributed by atoms with Gasteiger partial charge in [-0.25, -0.2) is 4.98 Å². The van der Waals surface area contributed by atoms with Crippen molar-refractivity contribution in [2.45, 2.75) is 13.0 Å². The monoisotopic (exact) mass is 398 g/mol. The Bertz CT molecular complexity index is 1170. The van der Waals surface area contributed by atoms with Crippen molar-refractivity contribution in [3.05, 3.63) is 57.1 Å². The lowest BCUT2D eigenvalue weighted by molar-refractivity contribution is 0.348. The minimum Gasteiger partial charge on any atom is -0.496 e. The zero-order valence-corrected chi connectivity index (χ0v) is 16.5. The van der Waals surface area contributed by atoms with Gasteiger partial charge in [0, 0.05) is 23.2 Å². The first-order valence-electron chi connectivity index (χ1n) is 8.76. The predicted octanol–water partition coefficient (Wildman–Crippen LogP) is 4.02. The largest absolute Gasteiger partial charge is 0.496 e. The zero-order chi connectivity index (χ0) is 19.8. The van der Waals surface area contributed by atoms with E-state index in [1.807, 2.05) is 12.1 Å². The van der Waals surface area contributed by atoms with E-state index in [0.717, 1.165) is 11.1 Å². The van der Waals surface area contributed by atoms with Crippen LogP contribution in [-0.2, 0) is 6.54 Å². The second-order valence-corrected chi connectivity index (χ2v) is 6.86. The second-order valence-electron chi connectivity index (χ2n) is 6.42. The molecule has 144 valence electrons. The van der Waals surface area contributed by atoms with Crippen molar-refractivity contribution in [1.82, 2.24) is 9.55 Å². The Morgan fingerprint density at radius 3 is 2.46 bits per heavy atom. The summed E-state index contributed by atoms with van der Waals surface area (Å²) in [6.07, 6.45) is 2.68. The molecule has 0 aliphatic carbocycles. The number of aromatic nitrogens is 2. The fraction of sp³-hybridized carbons (Fsp3) is 0.238. The number of benzene rings is 2. The Morgan fingerprint density at radius 1 is 1.04 bits per heavy atom. The van der Waals surface area contributed by atoms with Crippen LogP contribution in [-0.4, -0.2) is 30.9 Å². The molecule has 28 heavy (non-hydrogen) atoms. The molecule has 1 aliphatic rings. The lowest BCUT2D eigenvalue weighted by Crippen LogP contribution is -2.20. The van der Waals surface area contributed by atoms with Gasteiger partial charge in [0.25, 0.3) is 5.56 Å². The number of fused-ring (bicyclic) bond motifs is 2. The normalized spacial score (nSPS) is 14.4. The number of allylic oxidation sites excluding steroid dienone is 1. The van der Waals surface area contributed by atoms with Crippen LogP contribution in [0.5, 0.6) is 17.2 Å². The average molecular weight is 399 g/mol. The minimum absolute atomic E-state index is 0.0785. The molecule has 0 saturated heterocycles. The van der Waals surface area contributed by atoms with Gasteiger partial charge in [0.15, 0.2) is 11.5 Å². The molecule has 2 aromatic carbocycles. The molecule has 0 atom stereocenters. The first kappa shape index (κ1) is 18.4. The summed E-state index contributed by atoms with van der Waals surface area (Å²) in [6.45, 7) is 0.574. The van der Waals surface area contributed by atoms with Gasteiger partial charge in [-0.1, -0.05) is 11.6 Å². The van der Waals surface area contributed by atoms with Gasteiger partial charge in [-0.3, -0.25) is 9.36 Å². The Hall–Kier alpha value is -2.99. The van der Waals surface area contributed by atoms with Crippen LogP contribution in [0.25, 0.3) is 22.6 Å². The predicted molar refractivity (Wildman–Crippen MR) is 110 cm³/mol. The van der Waals surface area contributed by atoms with Gasteiger partial charge >= 0.3 is 0 Å². The number of hydrogen-bond donors (Lipinski definition) is 0. The van der Waals surface area contributed by atoms with Crippen molar-refractivity contribution in [2.24, 2.45) is 0 Å². The lowest BCUT2D eigenvalue weighted by atomic mass is 10.1. The van der Waals surface area contributed by atoms with Gasteiger partial charge in [-0.05, 0) is 42.3 Å². The van der Waals surface area contributed by atoms with Crippen molar-refractivity contribution in [3.8, 4) is 17.2 Å². The molecular weight excluding hydrogens is 380 g/mol. The molecule has 0 amide bonds. The van der Waals surface area contributed by atoms with Crippen molar-refractivity contribution in [3.63, 3.8) is 0 Å². The molecule has 0 unspecified atom stereocenters. The Kier molecular flexibility index (Phi) is 4.73. The standard InChI is InChI=1S/C21H19ClN2O4/c1-26-17-11-19(28-3)18(27-2)9-13(17)8-12-6-7-24-20(12)23-16-5-4-14(22)10-15(16)21(24)25/h4-5,8-11H,6-7H2,1-3H3. The number of rotatable bonds is 4. The molecule has 3 aromatic rings. The summed E-state index contributed by atoms with van der Waals surface area (Å²) < 4.78 is 17.9. The van der Waals surface area contributed by atoms with Gasteiger partial charge in [-0.15, -0.1) is 0 Å². The number of methoxy groups -OCH3 is 3. The van der Waals surface area contributed by atoms with E-state index in [-0.39, 0.29) is 5.56 Å². The summed E-state index contributed by atoms with van der Waals surface area (Å²) in [5.74, 6) is 2.51. The lowest BCUT2D eigenvalue weighted by Gasteiger charge is -2.13. The highest BCUT2D eigenvalue weighted by Crippen LogP contribution is 2.37. The molecule has 0 N–H and O–H groups in total. The Balaban J connectivity index is 1.88. The summed E-state index contributed by atoms with van der Waals surface area (Å²) in [4.78, 5) is 17.6. The fourth-order valence-electron chi connectivity index (χ4n) is 3.48. The topological polar surface area (TPSA) is 62.6 Å². The molecule has 7 heteroatoms. The van der Waals surface area contributed by atoms with E-state index < -0.39 is 0 Å². The molecular formula is C21H19ClN2O4. The van der Waals surface area contributed by atoms with Gasteiger partial charge in [0.2, 0.25) is 0 Å². The molecule has 0 radical (unpaired) electrons. The third-order valence-corrected chi connectivity index (χ3v) is 5.11. The highest BCUT2D eigenvalue weighted by Gasteiger charge is 2.22. The molecule has 1 aliphatic heterocycles. The number of hydrogen-bond acceptors (Lipinski definition) is 5. The van der Waals surface area contributed by atoms with Gasteiger partial charge < -0.3 is 14.2 Å². The third-order valence-electron chi connectivity index (χ3n) is 4.87. The van der Waals surface area contributed by atoms with Gasteiger partial charge in [0.1, 0.15) is 11.6 Å². The molecule has 0 bridgehead atoms. The Labute approximate surface area is 166 Å². The molecule has 0 saturated carbocycles.